The topological polar surface area (TPSA) is 102 Å². The van der Waals surface area contributed by atoms with Crippen LogP contribution in [0.5, 0.6) is 0 Å². The van der Waals surface area contributed by atoms with Crippen LogP contribution in [-0.2, 0) is 26.0 Å². The summed E-state index contributed by atoms with van der Waals surface area (Å²) in [6.45, 7) is 5.23. The summed E-state index contributed by atoms with van der Waals surface area (Å²) in [5.74, 6) is -1.06. The molecular weight excluding hydrogens is 392 g/mol. The molecule has 0 aliphatic rings. The second kappa shape index (κ2) is 9.19. The summed E-state index contributed by atoms with van der Waals surface area (Å²) in [6, 6.07) is 13.9. The van der Waals surface area contributed by atoms with Crippen molar-refractivity contribution in [3.63, 3.8) is 0 Å². The first-order chi connectivity index (χ1) is 13.5. The molecule has 0 fully saturated rings. The number of ether oxygens (including phenoxy) is 1. The van der Waals surface area contributed by atoms with Crippen molar-refractivity contribution in [3.05, 3.63) is 65.7 Å². The number of nitrogens with one attached hydrogen (secondary N) is 2. The number of rotatable bonds is 7. The van der Waals surface area contributed by atoms with Gasteiger partial charge >= 0.3 is 5.97 Å². The fourth-order valence-electron chi connectivity index (χ4n) is 2.67. The predicted octanol–water partition coefficient (Wildman–Crippen LogP) is 2.28. The highest BCUT2D eigenvalue weighted by atomic mass is 32.2. The van der Waals surface area contributed by atoms with Crippen molar-refractivity contribution in [1.29, 1.82) is 0 Å². The summed E-state index contributed by atoms with van der Waals surface area (Å²) in [5.41, 5.74) is 0.486. The number of esters is 1. The van der Waals surface area contributed by atoms with Crippen molar-refractivity contribution in [2.75, 3.05) is 7.11 Å². The molecule has 2 aromatic carbocycles. The van der Waals surface area contributed by atoms with Crippen molar-refractivity contribution in [3.8, 4) is 0 Å². The molecule has 0 aromatic heterocycles. The molecule has 0 saturated carbocycles. The minimum absolute atomic E-state index is 0.0535. The number of carbonyl (C=O) groups excluding carboxylic acids is 2. The maximum absolute atomic E-state index is 12.6. The van der Waals surface area contributed by atoms with Crippen LogP contribution in [-0.4, -0.2) is 39.0 Å². The second-order valence-electron chi connectivity index (χ2n) is 7.62. The molecule has 1 amide bonds. The van der Waals surface area contributed by atoms with Crippen LogP contribution in [0.25, 0.3) is 0 Å². The number of methoxy groups -OCH3 is 1. The van der Waals surface area contributed by atoms with E-state index in [0.717, 1.165) is 5.56 Å². The molecule has 1 atom stereocenters. The monoisotopic (exact) mass is 418 g/mol. The zero-order valence-electron chi connectivity index (χ0n) is 16.9. The molecule has 0 aliphatic carbocycles. The van der Waals surface area contributed by atoms with Gasteiger partial charge in [0.25, 0.3) is 5.91 Å². The predicted molar refractivity (Wildman–Crippen MR) is 110 cm³/mol. The van der Waals surface area contributed by atoms with Gasteiger partial charge in [-0.1, -0.05) is 30.3 Å². The van der Waals surface area contributed by atoms with Gasteiger partial charge in [0.2, 0.25) is 10.0 Å². The molecule has 0 heterocycles. The maximum Gasteiger partial charge on any atom is 0.328 e. The number of amides is 1. The third-order valence-electron chi connectivity index (χ3n) is 3.94. The molecule has 2 aromatic rings. The molecule has 156 valence electrons. The smallest absolute Gasteiger partial charge is 0.328 e. The van der Waals surface area contributed by atoms with Crippen molar-refractivity contribution < 1.29 is 22.7 Å². The first-order valence-electron chi connectivity index (χ1n) is 9.08. The Hall–Kier alpha value is -2.71. The van der Waals surface area contributed by atoms with E-state index in [1.807, 2.05) is 30.3 Å². The average Bonchev–Trinajstić information content (AvgIpc) is 2.66. The van der Waals surface area contributed by atoms with Crippen LogP contribution >= 0.6 is 0 Å². The highest BCUT2D eigenvalue weighted by molar-refractivity contribution is 7.89. The van der Waals surface area contributed by atoms with Gasteiger partial charge in [0, 0.05) is 17.5 Å². The first kappa shape index (κ1) is 22.6. The number of benzene rings is 2. The van der Waals surface area contributed by atoms with E-state index >= 15 is 0 Å². The van der Waals surface area contributed by atoms with Crippen LogP contribution in [0, 0.1) is 0 Å². The SMILES string of the molecule is COC(=O)[C@H](Cc1ccccc1)NC(=O)c1ccc(S(=O)(=O)NC(C)(C)C)cc1. The van der Waals surface area contributed by atoms with E-state index in [1.165, 1.54) is 31.4 Å². The largest absolute Gasteiger partial charge is 0.467 e. The number of hydrogen-bond donors (Lipinski definition) is 2. The van der Waals surface area contributed by atoms with Gasteiger partial charge in [0.05, 0.1) is 12.0 Å². The summed E-state index contributed by atoms with van der Waals surface area (Å²) < 4.78 is 32.1. The number of sulfonamides is 1. The second-order valence-corrected chi connectivity index (χ2v) is 9.30. The van der Waals surface area contributed by atoms with Gasteiger partial charge in [-0.25, -0.2) is 17.9 Å². The summed E-state index contributed by atoms with van der Waals surface area (Å²) in [5, 5.41) is 2.65. The van der Waals surface area contributed by atoms with Gasteiger partial charge in [-0.3, -0.25) is 4.79 Å². The van der Waals surface area contributed by atoms with E-state index < -0.39 is 33.5 Å². The van der Waals surface area contributed by atoms with Crippen LogP contribution in [0.2, 0.25) is 0 Å². The third kappa shape index (κ3) is 6.69. The van der Waals surface area contributed by atoms with Crippen LogP contribution in [0.3, 0.4) is 0 Å². The average molecular weight is 419 g/mol. The molecule has 0 unspecified atom stereocenters. The van der Waals surface area contributed by atoms with Crippen molar-refractivity contribution in [2.24, 2.45) is 0 Å². The molecule has 0 spiro atoms. The molecule has 7 nitrogen and oxygen atoms in total. The van der Waals surface area contributed by atoms with Crippen molar-refractivity contribution >= 4 is 21.9 Å². The lowest BCUT2D eigenvalue weighted by Gasteiger charge is -2.20. The summed E-state index contributed by atoms with van der Waals surface area (Å²) >= 11 is 0. The third-order valence-corrected chi connectivity index (χ3v) is 5.71. The van der Waals surface area contributed by atoms with Crippen LogP contribution in [0.4, 0.5) is 0 Å². The molecule has 0 bridgehead atoms. The molecule has 2 rings (SSSR count). The van der Waals surface area contributed by atoms with Crippen molar-refractivity contribution in [2.45, 2.75) is 43.7 Å². The Labute approximate surface area is 171 Å². The fraction of sp³-hybridized carbons (Fsp3) is 0.333. The lowest BCUT2D eigenvalue weighted by molar-refractivity contribution is -0.142. The number of carbonyl (C=O) groups is 2. The molecule has 29 heavy (non-hydrogen) atoms. The minimum atomic E-state index is -3.70. The van der Waals surface area contributed by atoms with Crippen LogP contribution < -0.4 is 10.0 Å². The maximum atomic E-state index is 12.6. The zero-order chi connectivity index (χ0) is 21.7. The fourth-order valence-corrected chi connectivity index (χ4v) is 4.09. The first-order valence-corrected chi connectivity index (χ1v) is 10.6. The Balaban J connectivity index is 2.15. The van der Waals surface area contributed by atoms with Gasteiger partial charge in [0.1, 0.15) is 6.04 Å². The van der Waals surface area contributed by atoms with Gasteiger partial charge in [-0.2, -0.15) is 0 Å². The molecule has 0 radical (unpaired) electrons. The quantitative estimate of drug-likeness (QED) is 0.672. The van der Waals surface area contributed by atoms with Gasteiger partial charge in [-0.05, 0) is 50.6 Å². The Morgan fingerprint density at radius 3 is 2.10 bits per heavy atom. The van der Waals surface area contributed by atoms with E-state index in [9.17, 15) is 18.0 Å². The van der Waals surface area contributed by atoms with E-state index in [-0.39, 0.29) is 16.9 Å². The Kier molecular flexibility index (Phi) is 7.16. The van der Waals surface area contributed by atoms with Crippen LogP contribution in [0.1, 0.15) is 36.7 Å². The summed E-state index contributed by atoms with van der Waals surface area (Å²) in [4.78, 5) is 24.7. The Bertz CT molecular complexity index is 949. The van der Waals surface area contributed by atoms with Gasteiger partial charge in [0.15, 0.2) is 0 Å². The van der Waals surface area contributed by atoms with E-state index in [1.54, 1.807) is 20.8 Å². The van der Waals surface area contributed by atoms with Crippen molar-refractivity contribution in [1.82, 2.24) is 10.0 Å². The normalized spacial score (nSPS) is 12.8. The van der Waals surface area contributed by atoms with Gasteiger partial charge in [-0.15, -0.1) is 0 Å². The lowest BCUT2D eigenvalue weighted by atomic mass is 10.1. The molecular formula is C21H26N2O5S. The van der Waals surface area contributed by atoms with E-state index in [0.29, 0.717) is 0 Å². The zero-order valence-corrected chi connectivity index (χ0v) is 17.7. The van der Waals surface area contributed by atoms with E-state index in [4.69, 9.17) is 4.74 Å². The minimum Gasteiger partial charge on any atom is -0.467 e. The lowest BCUT2D eigenvalue weighted by Crippen LogP contribution is -2.43. The standard InChI is InChI=1S/C21H26N2O5S/c1-21(2,3)23-29(26,27)17-12-10-16(11-13-17)19(24)22-18(20(25)28-4)14-15-8-6-5-7-9-15/h5-13,18,23H,14H2,1-4H3,(H,22,24)/t18-/m0/s1. The number of hydrogen-bond acceptors (Lipinski definition) is 5. The molecule has 0 aliphatic heterocycles. The highest BCUT2D eigenvalue weighted by Gasteiger charge is 2.24. The Morgan fingerprint density at radius 2 is 1.59 bits per heavy atom. The summed E-state index contributed by atoms with van der Waals surface area (Å²) in [6.07, 6.45) is 0.279. The van der Waals surface area contributed by atoms with E-state index in [2.05, 4.69) is 10.0 Å². The van der Waals surface area contributed by atoms with Crippen LogP contribution in [0.15, 0.2) is 59.5 Å². The molecule has 8 heteroatoms. The molecule has 0 saturated heterocycles. The van der Waals surface area contributed by atoms with Gasteiger partial charge < -0.3 is 10.1 Å². The summed E-state index contributed by atoms with van der Waals surface area (Å²) in [7, 11) is -2.44. The highest BCUT2D eigenvalue weighted by Crippen LogP contribution is 2.14. The Morgan fingerprint density at radius 1 is 1.00 bits per heavy atom. The molecule has 2 N–H and O–H groups in total.